The van der Waals surface area contributed by atoms with E-state index in [4.69, 9.17) is 0 Å². The van der Waals surface area contributed by atoms with Gasteiger partial charge in [0.2, 0.25) is 0 Å². The molecule has 0 amide bonds. The third kappa shape index (κ3) is 2.13. The van der Waals surface area contributed by atoms with Crippen LogP contribution in [-0.4, -0.2) is 28.7 Å². The van der Waals surface area contributed by atoms with Crippen molar-refractivity contribution in [1.82, 2.24) is 0 Å². The van der Waals surface area contributed by atoms with Gasteiger partial charge in [-0.05, 0) is 73.2 Å². The fourth-order valence-electron chi connectivity index (χ4n) is 6.98. The average molecular weight is 330 g/mol. The van der Waals surface area contributed by atoms with E-state index >= 15 is 0 Å². The number of hydrogen-bond acceptors (Lipinski definition) is 3. The maximum atomic E-state index is 11.9. The highest BCUT2D eigenvalue weighted by atomic mass is 16.3. The van der Waals surface area contributed by atoms with Gasteiger partial charge in [-0.1, -0.05) is 31.1 Å². The first-order valence-corrected chi connectivity index (χ1v) is 9.62. The molecule has 3 fully saturated rings. The van der Waals surface area contributed by atoms with Crippen LogP contribution in [0.25, 0.3) is 0 Å². The van der Waals surface area contributed by atoms with Crippen LogP contribution >= 0.6 is 0 Å². The Morgan fingerprint density at radius 2 is 2.00 bits per heavy atom. The fraction of sp³-hybridized carbons (Fsp3) is 0.762. The van der Waals surface area contributed by atoms with Gasteiger partial charge >= 0.3 is 0 Å². The predicted molar refractivity (Wildman–Crippen MR) is 93.3 cm³/mol. The molecule has 0 spiro atoms. The van der Waals surface area contributed by atoms with Gasteiger partial charge in [0.1, 0.15) is 0 Å². The molecule has 3 heteroatoms. The first-order chi connectivity index (χ1) is 11.4. The fourth-order valence-corrected chi connectivity index (χ4v) is 6.98. The summed E-state index contributed by atoms with van der Waals surface area (Å²) in [6.45, 7) is 4.71. The van der Waals surface area contributed by atoms with Crippen LogP contribution in [0, 0.1) is 28.6 Å². The lowest BCUT2D eigenvalue weighted by molar-refractivity contribution is -0.124. The first kappa shape index (κ1) is 16.5. The monoisotopic (exact) mass is 330 g/mol. The number of rotatable bonds is 1. The average Bonchev–Trinajstić information content (AvgIpc) is 2.84. The quantitative estimate of drug-likeness (QED) is 0.725. The van der Waals surface area contributed by atoms with Gasteiger partial charge in [0, 0.05) is 6.42 Å². The summed E-state index contributed by atoms with van der Waals surface area (Å²) < 4.78 is 0. The van der Waals surface area contributed by atoms with Crippen molar-refractivity contribution in [3.63, 3.8) is 0 Å². The van der Waals surface area contributed by atoms with Crippen molar-refractivity contribution in [2.24, 2.45) is 28.6 Å². The zero-order chi connectivity index (χ0) is 17.1. The van der Waals surface area contributed by atoms with Crippen LogP contribution in [0.5, 0.6) is 0 Å². The largest absolute Gasteiger partial charge is 0.393 e. The minimum absolute atomic E-state index is 0.00101. The molecule has 4 aliphatic carbocycles. The second-order valence-corrected chi connectivity index (χ2v) is 9.03. The molecule has 4 unspecified atom stereocenters. The van der Waals surface area contributed by atoms with E-state index in [1.807, 2.05) is 12.2 Å². The van der Waals surface area contributed by atoms with Gasteiger partial charge in [-0.15, -0.1) is 0 Å². The second-order valence-electron chi connectivity index (χ2n) is 9.03. The Kier molecular flexibility index (Phi) is 3.81. The third-order valence-electron chi connectivity index (χ3n) is 8.08. The number of aliphatic hydroxyl groups excluding tert-OH is 2. The summed E-state index contributed by atoms with van der Waals surface area (Å²) >= 11 is 0. The van der Waals surface area contributed by atoms with Crippen LogP contribution in [0.4, 0.5) is 0 Å². The molecule has 0 aliphatic heterocycles. The molecule has 6 atom stereocenters. The molecule has 0 saturated heterocycles. The van der Waals surface area contributed by atoms with E-state index in [2.05, 4.69) is 13.8 Å². The summed E-state index contributed by atoms with van der Waals surface area (Å²) in [7, 11) is 0. The van der Waals surface area contributed by atoms with Crippen LogP contribution in [0.1, 0.15) is 58.8 Å². The van der Waals surface area contributed by atoms with Gasteiger partial charge in [0.25, 0.3) is 0 Å². The van der Waals surface area contributed by atoms with Gasteiger partial charge < -0.3 is 10.2 Å². The Labute approximate surface area is 144 Å². The van der Waals surface area contributed by atoms with Crippen molar-refractivity contribution < 1.29 is 15.0 Å². The lowest BCUT2D eigenvalue weighted by atomic mass is 9.46. The van der Waals surface area contributed by atoms with E-state index < -0.39 is 0 Å². The molecular weight excluding hydrogens is 300 g/mol. The van der Waals surface area contributed by atoms with E-state index in [1.165, 1.54) is 17.6 Å². The van der Waals surface area contributed by atoms with E-state index in [9.17, 15) is 15.0 Å². The molecular formula is C21H30O3. The molecule has 3 nitrogen and oxygen atoms in total. The Balaban J connectivity index is 1.72. The van der Waals surface area contributed by atoms with Crippen LogP contribution < -0.4 is 0 Å². The first-order valence-electron chi connectivity index (χ1n) is 9.62. The van der Waals surface area contributed by atoms with Crippen molar-refractivity contribution in [2.75, 3.05) is 6.61 Å². The number of allylic oxidation sites excluding steroid dienone is 2. The maximum absolute atomic E-state index is 11.9. The maximum Gasteiger partial charge on any atom is 0.155 e. The lowest BCUT2D eigenvalue weighted by Crippen LogP contribution is -2.55. The van der Waals surface area contributed by atoms with Gasteiger partial charge in [-0.2, -0.15) is 0 Å². The summed E-state index contributed by atoms with van der Waals surface area (Å²) in [6.07, 6.45) is 10.3. The van der Waals surface area contributed by atoms with Gasteiger partial charge in [0.15, 0.2) is 5.78 Å². The second kappa shape index (κ2) is 5.54. The molecule has 0 aromatic carbocycles. The van der Waals surface area contributed by atoms with Crippen LogP contribution in [0.2, 0.25) is 0 Å². The number of carbonyl (C=O) groups is 1. The summed E-state index contributed by atoms with van der Waals surface area (Å²) in [5.41, 5.74) is 2.71. The Hall–Kier alpha value is -0.930. The Bertz CT molecular complexity index is 619. The third-order valence-corrected chi connectivity index (χ3v) is 8.08. The SMILES string of the molecule is C[C@]12CCC(=O)C=C1CCC1C2C(O)C[C@]2(C)/C(=C/CO)CCC12. The van der Waals surface area contributed by atoms with E-state index in [-0.39, 0.29) is 35.2 Å². The molecule has 4 rings (SSSR count). The van der Waals surface area contributed by atoms with Crippen LogP contribution in [-0.2, 0) is 4.79 Å². The highest BCUT2D eigenvalue weighted by Crippen LogP contribution is 2.66. The minimum atomic E-state index is -0.307. The molecule has 0 heterocycles. The Morgan fingerprint density at radius 3 is 2.75 bits per heavy atom. The van der Waals surface area contributed by atoms with Gasteiger partial charge in [-0.3, -0.25) is 4.79 Å². The normalized spacial score (nSPS) is 49.4. The molecule has 4 aliphatic rings. The standard InChI is InChI=1S/C21H30O3/c1-20-9-7-15(23)11-14(20)3-5-16-17-6-4-13(8-10-22)21(17,2)12-18(24)19(16)20/h8,11,16-19,22,24H,3-7,9-10,12H2,1-2H3/b13-8+/t16?,17?,18?,19?,20-,21+/m0/s1. The molecule has 24 heavy (non-hydrogen) atoms. The summed E-state index contributed by atoms with van der Waals surface area (Å²) in [4.78, 5) is 11.9. The zero-order valence-electron chi connectivity index (χ0n) is 14.9. The predicted octanol–water partition coefficient (Wildman–Crippen LogP) is 3.41. The molecule has 132 valence electrons. The summed E-state index contributed by atoms with van der Waals surface area (Å²) in [5.74, 6) is 1.71. The summed E-state index contributed by atoms with van der Waals surface area (Å²) in [5, 5.41) is 20.5. The molecule has 0 aromatic rings. The van der Waals surface area contributed by atoms with Crippen molar-refractivity contribution in [3.05, 3.63) is 23.3 Å². The van der Waals surface area contributed by atoms with Crippen LogP contribution in [0.3, 0.4) is 0 Å². The molecule has 0 bridgehead atoms. The number of aliphatic hydroxyl groups is 2. The number of hydrogen-bond donors (Lipinski definition) is 2. The summed E-state index contributed by atoms with van der Waals surface area (Å²) in [6, 6.07) is 0. The number of carbonyl (C=O) groups excluding carboxylic acids is 1. The molecule has 0 aromatic heterocycles. The van der Waals surface area contributed by atoms with Crippen molar-refractivity contribution in [2.45, 2.75) is 64.9 Å². The number of ketones is 1. The minimum Gasteiger partial charge on any atom is -0.393 e. The van der Waals surface area contributed by atoms with Gasteiger partial charge in [0.05, 0.1) is 12.7 Å². The topological polar surface area (TPSA) is 57.5 Å². The lowest BCUT2D eigenvalue weighted by Gasteiger charge is -2.59. The molecule has 3 saturated carbocycles. The van der Waals surface area contributed by atoms with Gasteiger partial charge in [-0.25, -0.2) is 0 Å². The molecule has 0 radical (unpaired) electrons. The van der Waals surface area contributed by atoms with E-state index in [0.29, 0.717) is 18.3 Å². The highest BCUT2D eigenvalue weighted by Gasteiger charge is 2.60. The Morgan fingerprint density at radius 1 is 1.21 bits per heavy atom. The smallest absolute Gasteiger partial charge is 0.155 e. The van der Waals surface area contributed by atoms with Crippen molar-refractivity contribution >= 4 is 5.78 Å². The van der Waals surface area contributed by atoms with Crippen molar-refractivity contribution in [1.29, 1.82) is 0 Å². The molecule has 2 N–H and O–H groups in total. The zero-order valence-corrected chi connectivity index (χ0v) is 14.9. The highest BCUT2D eigenvalue weighted by molar-refractivity contribution is 5.91. The van der Waals surface area contributed by atoms with Crippen LogP contribution in [0.15, 0.2) is 23.3 Å². The number of fused-ring (bicyclic) bond motifs is 5. The van der Waals surface area contributed by atoms with Crippen molar-refractivity contribution in [3.8, 4) is 0 Å². The van der Waals surface area contributed by atoms with E-state index in [0.717, 1.165) is 32.1 Å². The van der Waals surface area contributed by atoms with E-state index in [1.54, 1.807) is 0 Å².